The van der Waals surface area contributed by atoms with Crippen LogP contribution in [0.2, 0.25) is 0 Å². The van der Waals surface area contributed by atoms with Crippen LogP contribution in [0.15, 0.2) is 42.0 Å². The van der Waals surface area contributed by atoms with Gasteiger partial charge in [-0.1, -0.05) is 92.2 Å². The normalized spacial score (nSPS) is 51.9. The van der Waals surface area contributed by atoms with Crippen LogP contribution in [0, 0.1) is 70.0 Å². The predicted molar refractivity (Wildman–Crippen MR) is 227 cm³/mol. The Hall–Kier alpha value is -1.81. The van der Waals surface area contributed by atoms with Crippen LogP contribution in [0.5, 0.6) is 0 Å². The van der Waals surface area contributed by atoms with E-state index < -0.39 is 18.7 Å². The number of hydrogen-bond donors (Lipinski definition) is 0. The highest BCUT2D eigenvalue weighted by molar-refractivity contribution is 5.89. The van der Waals surface area contributed by atoms with Crippen molar-refractivity contribution in [2.75, 3.05) is 6.61 Å². The highest BCUT2D eigenvalue weighted by Gasteiger charge is 2.69. The second-order valence-corrected chi connectivity index (χ2v) is 21.7. The van der Waals surface area contributed by atoms with E-state index in [-0.39, 0.29) is 65.3 Å². The number of carbonyl (C=O) groups is 1. The molecule has 3 saturated carbocycles. The molecule has 0 amide bonds. The van der Waals surface area contributed by atoms with Gasteiger partial charge in [0.2, 0.25) is 0 Å². The van der Waals surface area contributed by atoms with Crippen LogP contribution in [-0.2, 0) is 33.2 Å². The van der Waals surface area contributed by atoms with E-state index >= 15 is 0 Å². The van der Waals surface area contributed by atoms with Crippen LogP contribution in [0.4, 0.5) is 0 Å². The first-order valence-electron chi connectivity index (χ1n) is 24.1. The van der Waals surface area contributed by atoms with Gasteiger partial charge in [0.15, 0.2) is 24.5 Å². The summed E-state index contributed by atoms with van der Waals surface area (Å²) in [4.78, 5) is 13.4. The van der Waals surface area contributed by atoms with E-state index in [1.54, 1.807) is 17.7 Å². The number of carbonyl (C=O) groups excluding carboxylic acids is 1. The molecule has 8 aliphatic rings. The van der Waals surface area contributed by atoms with E-state index in [0.29, 0.717) is 52.6 Å². The molecule has 21 atom stereocenters. The van der Waals surface area contributed by atoms with Gasteiger partial charge in [-0.05, 0) is 135 Å². The zero-order valence-electron chi connectivity index (χ0n) is 37.9. The summed E-state index contributed by atoms with van der Waals surface area (Å²) in [6, 6.07) is 9.23. The van der Waals surface area contributed by atoms with E-state index in [9.17, 15) is 4.79 Å². The Morgan fingerprint density at radius 2 is 1.56 bits per heavy atom. The molecule has 0 radical (unpaired) electrons. The number of ether oxygens (including phenoxy) is 7. The molecule has 4 heterocycles. The Labute approximate surface area is 355 Å². The lowest BCUT2D eigenvalue weighted by Gasteiger charge is -2.59. The minimum absolute atomic E-state index is 0.0402. The maximum absolute atomic E-state index is 13.4. The van der Waals surface area contributed by atoms with E-state index in [1.807, 2.05) is 18.2 Å². The average molecular weight is 817 g/mol. The van der Waals surface area contributed by atoms with Crippen molar-refractivity contribution in [1.82, 2.24) is 0 Å². The molecule has 1 aromatic rings. The first-order valence-corrected chi connectivity index (χ1v) is 24.1. The molecule has 328 valence electrons. The van der Waals surface area contributed by atoms with Gasteiger partial charge >= 0.3 is 5.97 Å². The fourth-order valence-corrected chi connectivity index (χ4v) is 14.6. The number of benzene rings is 1. The summed E-state index contributed by atoms with van der Waals surface area (Å²) in [7, 11) is 0. The molecule has 4 aliphatic carbocycles. The van der Waals surface area contributed by atoms with Gasteiger partial charge in [0.1, 0.15) is 6.10 Å². The van der Waals surface area contributed by atoms with Crippen LogP contribution in [0.25, 0.3) is 0 Å². The maximum Gasteiger partial charge on any atom is 0.338 e. The molecular weight excluding hydrogens is 741 g/mol. The molecule has 8 heteroatoms. The molecule has 7 fully saturated rings. The first-order chi connectivity index (χ1) is 28.2. The van der Waals surface area contributed by atoms with Crippen molar-refractivity contribution in [1.29, 1.82) is 0 Å². The van der Waals surface area contributed by atoms with Gasteiger partial charge in [-0.2, -0.15) is 0 Å². The van der Waals surface area contributed by atoms with Crippen LogP contribution < -0.4 is 0 Å². The molecule has 4 aliphatic heterocycles. The smallest absolute Gasteiger partial charge is 0.338 e. The third-order valence-electron chi connectivity index (χ3n) is 18.8. The van der Waals surface area contributed by atoms with Crippen LogP contribution in [-0.4, -0.2) is 67.6 Å². The first kappa shape index (κ1) is 42.5. The SMILES string of the molecule is CCC1O[C@@H](O[C@H]2CC[C@@]3(C)C(=CC[C@H]4[C@@H]5C[C@@H]6O[C@]7(CC[C@@H](C)CO7)[C@@H](C)[C@@H]6[C@@]5(C)CC[C@@H]43)C2)C(O[C@@H]2OC(C)[C@H](C)[C@H](C)C2OC(=O)c2ccccc2)[C@@H](C)[C@@H]1C. The molecular formula is C51H76O8. The fourth-order valence-electron chi connectivity index (χ4n) is 14.6. The van der Waals surface area contributed by atoms with Crippen molar-refractivity contribution in [3.8, 4) is 0 Å². The summed E-state index contributed by atoms with van der Waals surface area (Å²) in [5, 5.41) is 0. The zero-order chi connectivity index (χ0) is 41.6. The zero-order valence-corrected chi connectivity index (χ0v) is 37.9. The van der Waals surface area contributed by atoms with Crippen molar-refractivity contribution in [3.63, 3.8) is 0 Å². The summed E-state index contributed by atoms with van der Waals surface area (Å²) in [5.41, 5.74) is 2.65. The van der Waals surface area contributed by atoms with Gasteiger partial charge in [0.05, 0.1) is 36.6 Å². The summed E-state index contributed by atoms with van der Waals surface area (Å²) in [6.07, 6.45) is 12.1. The molecule has 0 N–H and O–H groups in total. The number of hydrogen-bond acceptors (Lipinski definition) is 8. The van der Waals surface area contributed by atoms with Crippen molar-refractivity contribution in [2.24, 2.45) is 70.0 Å². The molecule has 4 unspecified atom stereocenters. The molecule has 4 saturated heterocycles. The van der Waals surface area contributed by atoms with Crippen LogP contribution in [0.1, 0.15) is 144 Å². The molecule has 0 bridgehead atoms. The number of fused-ring (bicyclic) bond motifs is 7. The quantitative estimate of drug-likeness (QED) is 0.199. The molecule has 1 aromatic carbocycles. The standard InChI is InChI=1S/C51H76O8/c1-11-41-30(4)32(6)45(58-47-44(31(5)29(3)34(8)54-47)57-46(52)35-15-13-12-14-16-35)48(56-41)55-37-20-22-49(9)36(25-37)17-18-38-39(49)21-23-50(10)40(38)26-42-43(50)33(7)51(59-42)24-19-28(2)27-53-51/h12-17,28-34,37-45,47-48H,11,18-27H2,1-10H3/t28-,29-,30+,31+,32+,33+,34?,37+,38-,39+,40+,41?,42+,43+,44?,45?,47+,48-,49+,50+,51-/m1/s1. The Balaban J connectivity index is 0.903. The Morgan fingerprint density at radius 3 is 2.29 bits per heavy atom. The van der Waals surface area contributed by atoms with E-state index in [4.69, 9.17) is 33.2 Å². The molecule has 0 aromatic heterocycles. The Bertz CT molecular complexity index is 1690. The fraction of sp³-hybridized carbons (Fsp3) is 0.824. The Morgan fingerprint density at radius 1 is 0.814 bits per heavy atom. The second kappa shape index (κ2) is 16.1. The lowest BCUT2D eigenvalue weighted by molar-refractivity contribution is -0.349. The third-order valence-corrected chi connectivity index (χ3v) is 18.8. The van der Waals surface area contributed by atoms with Gasteiger partial charge in [0.25, 0.3) is 0 Å². The van der Waals surface area contributed by atoms with Crippen molar-refractivity contribution >= 4 is 5.97 Å². The number of rotatable bonds is 7. The van der Waals surface area contributed by atoms with Gasteiger partial charge in [-0.25, -0.2) is 4.79 Å². The van der Waals surface area contributed by atoms with E-state index in [1.165, 1.54) is 32.1 Å². The van der Waals surface area contributed by atoms with Crippen molar-refractivity contribution < 1.29 is 38.0 Å². The number of esters is 1. The Kier molecular flexibility index (Phi) is 11.6. The summed E-state index contributed by atoms with van der Waals surface area (Å²) in [5.74, 6) is 3.73. The predicted octanol–water partition coefficient (Wildman–Crippen LogP) is 10.8. The highest BCUT2D eigenvalue weighted by Crippen LogP contribution is 2.70. The number of allylic oxidation sites excluding steroid dienone is 1. The topological polar surface area (TPSA) is 81.7 Å². The average Bonchev–Trinajstić information content (AvgIpc) is 3.68. The second-order valence-electron chi connectivity index (χ2n) is 21.7. The largest absolute Gasteiger partial charge is 0.453 e. The lowest BCUT2D eigenvalue weighted by Crippen LogP contribution is -2.58. The molecule has 9 rings (SSSR count). The summed E-state index contributed by atoms with van der Waals surface area (Å²) in [6.45, 7) is 24.0. The van der Waals surface area contributed by atoms with Gasteiger partial charge in [0, 0.05) is 18.3 Å². The molecule has 1 spiro atoms. The van der Waals surface area contributed by atoms with Gasteiger partial charge in [-0.3, -0.25) is 0 Å². The summed E-state index contributed by atoms with van der Waals surface area (Å²) >= 11 is 0. The monoisotopic (exact) mass is 817 g/mol. The maximum atomic E-state index is 13.4. The highest BCUT2D eigenvalue weighted by atomic mass is 16.8. The van der Waals surface area contributed by atoms with Crippen molar-refractivity contribution in [3.05, 3.63) is 47.5 Å². The van der Waals surface area contributed by atoms with Crippen LogP contribution >= 0.6 is 0 Å². The van der Waals surface area contributed by atoms with E-state index in [0.717, 1.165) is 38.7 Å². The molecule has 59 heavy (non-hydrogen) atoms. The van der Waals surface area contributed by atoms with Crippen LogP contribution in [0.3, 0.4) is 0 Å². The minimum atomic E-state index is -0.728. The lowest BCUT2D eigenvalue weighted by atomic mass is 9.47. The van der Waals surface area contributed by atoms with E-state index in [2.05, 4.69) is 75.3 Å². The van der Waals surface area contributed by atoms with Gasteiger partial charge in [-0.15, -0.1) is 0 Å². The minimum Gasteiger partial charge on any atom is -0.453 e. The van der Waals surface area contributed by atoms with Crippen molar-refractivity contribution in [2.45, 2.75) is 188 Å². The van der Waals surface area contributed by atoms with Gasteiger partial charge < -0.3 is 33.2 Å². The summed E-state index contributed by atoms with van der Waals surface area (Å²) < 4.78 is 47.6. The third kappa shape index (κ3) is 7.12. The molecule has 8 nitrogen and oxygen atoms in total.